The molecule has 0 aromatic carbocycles. The van der Waals surface area contributed by atoms with Crippen molar-refractivity contribution in [1.29, 1.82) is 0 Å². The number of hydrogen-bond acceptors (Lipinski definition) is 2. The van der Waals surface area contributed by atoms with Crippen molar-refractivity contribution in [3.05, 3.63) is 12.3 Å². The SMILES string of the molecule is CC1(C)C=[C]ON1. The average molecular weight is 98.1 g/mol. The highest BCUT2D eigenvalue weighted by Crippen LogP contribution is 2.07. The molecule has 7 heavy (non-hydrogen) atoms. The van der Waals surface area contributed by atoms with Gasteiger partial charge >= 0.3 is 0 Å². The van der Waals surface area contributed by atoms with Crippen LogP contribution in [0.4, 0.5) is 0 Å². The van der Waals surface area contributed by atoms with Crippen LogP contribution in [0.15, 0.2) is 6.08 Å². The maximum atomic E-state index is 4.60. The van der Waals surface area contributed by atoms with E-state index in [4.69, 9.17) is 0 Å². The second-order valence-electron chi connectivity index (χ2n) is 2.19. The van der Waals surface area contributed by atoms with Crippen molar-refractivity contribution >= 4 is 0 Å². The monoisotopic (exact) mass is 98.1 g/mol. The summed E-state index contributed by atoms with van der Waals surface area (Å²) in [6.07, 6.45) is 4.42. The van der Waals surface area contributed by atoms with Gasteiger partial charge in [0.25, 0.3) is 0 Å². The molecule has 2 nitrogen and oxygen atoms in total. The van der Waals surface area contributed by atoms with Crippen molar-refractivity contribution in [3.63, 3.8) is 0 Å². The van der Waals surface area contributed by atoms with Gasteiger partial charge in [0.15, 0.2) is 6.26 Å². The summed E-state index contributed by atoms with van der Waals surface area (Å²) in [5, 5.41) is 0. The van der Waals surface area contributed by atoms with Crippen LogP contribution in [0, 0.1) is 6.26 Å². The van der Waals surface area contributed by atoms with Gasteiger partial charge < -0.3 is 4.84 Å². The maximum absolute atomic E-state index is 4.60. The molecule has 0 saturated heterocycles. The fourth-order valence-corrected chi connectivity index (χ4v) is 0.367. The molecular formula is C5H8NO. The van der Waals surface area contributed by atoms with E-state index in [2.05, 4.69) is 16.6 Å². The van der Waals surface area contributed by atoms with E-state index in [0.29, 0.717) is 0 Å². The van der Waals surface area contributed by atoms with Gasteiger partial charge in [-0.1, -0.05) is 0 Å². The van der Waals surface area contributed by atoms with Gasteiger partial charge in [0.05, 0.1) is 5.54 Å². The molecule has 0 spiro atoms. The Morgan fingerprint density at radius 2 is 2.43 bits per heavy atom. The lowest BCUT2D eigenvalue weighted by Crippen LogP contribution is -2.30. The molecule has 39 valence electrons. The Bertz CT molecular complexity index is 96.3. The van der Waals surface area contributed by atoms with Crippen molar-refractivity contribution in [2.45, 2.75) is 19.4 Å². The van der Waals surface area contributed by atoms with E-state index in [0.717, 1.165) is 0 Å². The molecule has 0 aromatic heterocycles. The Balaban J connectivity index is 2.57. The minimum absolute atomic E-state index is 0.0139. The molecule has 0 aromatic rings. The Labute approximate surface area is 43.1 Å². The summed E-state index contributed by atoms with van der Waals surface area (Å²) >= 11 is 0. The smallest absolute Gasteiger partial charge is 0.189 e. The lowest BCUT2D eigenvalue weighted by atomic mass is 10.1. The standard InChI is InChI=1S/C5H8NO/c1-5(2)3-4-7-6-5/h3,6H,1-2H3. The van der Waals surface area contributed by atoms with Gasteiger partial charge in [-0.3, -0.25) is 0 Å². The highest BCUT2D eigenvalue weighted by Gasteiger charge is 2.17. The van der Waals surface area contributed by atoms with Gasteiger partial charge in [0.1, 0.15) is 0 Å². The molecule has 0 aliphatic carbocycles. The fourth-order valence-electron chi connectivity index (χ4n) is 0.367. The Kier molecular flexibility index (Phi) is 0.820. The summed E-state index contributed by atoms with van der Waals surface area (Å²) in [5.74, 6) is 0. The average Bonchev–Trinajstić information content (AvgIpc) is 1.84. The lowest BCUT2D eigenvalue weighted by Gasteiger charge is -2.11. The van der Waals surface area contributed by atoms with E-state index in [1.165, 1.54) is 0 Å². The molecule has 1 heterocycles. The predicted octanol–water partition coefficient (Wildman–Crippen LogP) is 0.617. The van der Waals surface area contributed by atoms with E-state index in [-0.39, 0.29) is 5.54 Å². The second-order valence-corrected chi connectivity index (χ2v) is 2.19. The molecule has 1 aliphatic rings. The quantitative estimate of drug-likeness (QED) is 0.479. The summed E-state index contributed by atoms with van der Waals surface area (Å²) in [5.41, 5.74) is 2.72. The molecule has 0 bridgehead atoms. The van der Waals surface area contributed by atoms with E-state index < -0.39 is 0 Å². The number of rotatable bonds is 0. The number of hydroxylamine groups is 1. The Hall–Kier alpha value is -0.500. The molecule has 0 fully saturated rings. The topological polar surface area (TPSA) is 21.3 Å². The first-order chi connectivity index (χ1) is 3.21. The van der Waals surface area contributed by atoms with E-state index in [1.54, 1.807) is 0 Å². The minimum atomic E-state index is -0.0139. The Morgan fingerprint density at radius 3 is 2.57 bits per heavy atom. The van der Waals surface area contributed by atoms with Crippen molar-refractivity contribution in [3.8, 4) is 0 Å². The normalized spacial score (nSPS) is 24.9. The summed E-state index contributed by atoms with van der Waals surface area (Å²) < 4.78 is 0. The summed E-state index contributed by atoms with van der Waals surface area (Å²) in [7, 11) is 0. The van der Waals surface area contributed by atoms with Crippen LogP contribution in [0.2, 0.25) is 0 Å². The predicted molar refractivity (Wildman–Crippen MR) is 26.1 cm³/mol. The van der Waals surface area contributed by atoms with Crippen LogP contribution >= 0.6 is 0 Å². The molecule has 2 heteroatoms. The van der Waals surface area contributed by atoms with Crippen LogP contribution in [0.25, 0.3) is 0 Å². The molecule has 1 radical (unpaired) electrons. The Morgan fingerprint density at radius 1 is 1.71 bits per heavy atom. The van der Waals surface area contributed by atoms with Gasteiger partial charge in [-0.25, -0.2) is 0 Å². The van der Waals surface area contributed by atoms with Crippen LogP contribution < -0.4 is 5.48 Å². The zero-order valence-electron chi connectivity index (χ0n) is 4.49. The zero-order chi connectivity index (χ0) is 5.33. The molecule has 0 saturated carbocycles. The lowest BCUT2D eigenvalue weighted by molar-refractivity contribution is 0.100. The third-order valence-electron chi connectivity index (χ3n) is 0.793. The first-order valence-electron chi connectivity index (χ1n) is 2.24. The first kappa shape index (κ1) is 4.65. The van der Waals surface area contributed by atoms with Crippen LogP contribution in [-0.4, -0.2) is 5.54 Å². The zero-order valence-corrected chi connectivity index (χ0v) is 4.49. The molecule has 0 amide bonds. The van der Waals surface area contributed by atoms with E-state index in [9.17, 15) is 0 Å². The van der Waals surface area contributed by atoms with Crippen LogP contribution in [0.5, 0.6) is 0 Å². The maximum Gasteiger partial charge on any atom is 0.189 e. The van der Waals surface area contributed by atoms with E-state index in [1.807, 2.05) is 19.9 Å². The third-order valence-corrected chi connectivity index (χ3v) is 0.793. The number of hydrogen-bond donors (Lipinski definition) is 1. The van der Waals surface area contributed by atoms with Gasteiger partial charge in [-0.2, -0.15) is 0 Å². The highest BCUT2D eigenvalue weighted by atomic mass is 16.6. The first-order valence-corrected chi connectivity index (χ1v) is 2.24. The highest BCUT2D eigenvalue weighted by molar-refractivity contribution is 4.96. The number of nitrogens with one attached hydrogen (secondary N) is 1. The third kappa shape index (κ3) is 0.933. The largest absolute Gasteiger partial charge is 0.404 e. The molecule has 1 aliphatic heterocycles. The van der Waals surface area contributed by atoms with Gasteiger partial charge in [-0.05, 0) is 19.9 Å². The van der Waals surface area contributed by atoms with Gasteiger partial charge in [0, 0.05) is 0 Å². The van der Waals surface area contributed by atoms with Crippen LogP contribution in [0.1, 0.15) is 13.8 Å². The van der Waals surface area contributed by atoms with Gasteiger partial charge in [0.2, 0.25) is 0 Å². The van der Waals surface area contributed by atoms with Crippen molar-refractivity contribution in [1.82, 2.24) is 5.48 Å². The molecule has 1 N–H and O–H groups in total. The van der Waals surface area contributed by atoms with Crippen molar-refractivity contribution in [2.75, 3.05) is 0 Å². The summed E-state index contributed by atoms with van der Waals surface area (Å²) in [6.45, 7) is 4.01. The van der Waals surface area contributed by atoms with Crippen LogP contribution in [0.3, 0.4) is 0 Å². The molecule has 0 unspecified atom stereocenters. The van der Waals surface area contributed by atoms with Crippen molar-refractivity contribution in [2.24, 2.45) is 0 Å². The summed E-state index contributed by atoms with van der Waals surface area (Å²) in [4.78, 5) is 4.60. The van der Waals surface area contributed by atoms with Gasteiger partial charge in [-0.15, -0.1) is 5.48 Å². The molecular weight excluding hydrogens is 90.1 g/mol. The molecule has 0 atom stereocenters. The van der Waals surface area contributed by atoms with Crippen molar-refractivity contribution < 1.29 is 4.84 Å². The van der Waals surface area contributed by atoms with E-state index >= 15 is 0 Å². The fraction of sp³-hybridized carbons (Fsp3) is 0.600. The molecule has 1 rings (SSSR count). The second kappa shape index (κ2) is 1.23. The van der Waals surface area contributed by atoms with Crippen LogP contribution in [-0.2, 0) is 4.84 Å². The minimum Gasteiger partial charge on any atom is -0.404 e. The summed E-state index contributed by atoms with van der Waals surface area (Å²) in [6, 6.07) is 0.